The van der Waals surface area contributed by atoms with E-state index in [-0.39, 0.29) is 0 Å². The third kappa shape index (κ3) is 3.07. The van der Waals surface area contributed by atoms with Crippen LogP contribution >= 0.6 is 15.9 Å². The van der Waals surface area contributed by atoms with Crippen molar-refractivity contribution in [2.75, 3.05) is 17.2 Å². The van der Waals surface area contributed by atoms with Crippen LogP contribution in [0.15, 0.2) is 41.0 Å². The molecule has 4 heteroatoms. The summed E-state index contributed by atoms with van der Waals surface area (Å²) in [5.41, 5.74) is 8.90. The van der Waals surface area contributed by atoms with Crippen molar-refractivity contribution in [2.45, 2.75) is 20.4 Å². The molecule has 19 heavy (non-hydrogen) atoms. The van der Waals surface area contributed by atoms with Crippen LogP contribution < -0.4 is 10.6 Å². The molecule has 0 saturated heterocycles. The van der Waals surface area contributed by atoms with Crippen molar-refractivity contribution in [2.24, 2.45) is 0 Å². The van der Waals surface area contributed by atoms with Crippen LogP contribution in [0.2, 0.25) is 0 Å². The Morgan fingerprint density at radius 1 is 1.26 bits per heavy atom. The van der Waals surface area contributed by atoms with Crippen molar-refractivity contribution in [3.63, 3.8) is 0 Å². The van der Waals surface area contributed by atoms with Crippen molar-refractivity contribution >= 4 is 27.4 Å². The number of nitrogen functional groups attached to an aromatic ring is 1. The number of nitrogens with zero attached hydrogens (tertiary/aromatic N) is 2. The minimum absolute atomic E-state index is 0.714. The highest BCUT2D eigenvalue weighted by Crippen LogP contribution is 2.31. The zero-order valence-corrected chi connectivity index (χ0v) is 12.8. The molecule has 0 amide bonds. The van der Waals surface area contributed by atoms with Crippen molar-refractivity contribution < 1.29 is 0 Å². The predicted octanol–water partition coefficient (Wildman–Crippen LogP) is 3.76. The van der Waals surface area contributed by atoms with Gasteiger partial charge in [0.2, 0.25) is 0 Å². The van der Waals surface area contributed by atoms with Crippen LogP contribution in [0.4, 0.5) is 11.5 Å². The summed E-state index contributed by atoms with van der Waals surface area (Å²) in [6, 6.07) is 10.4. The quantitative estimate of drug-likeness (QED) is 0.932. The molecule has 100 valence electrons. The molecule has 2 aromatic rings. The standard InChI is InChI=1S/C15H18BrN3/c1-3-19(10-12-7-5-4-6-8-12)15-14(16)11(2)13(17)9-18-15/h4-9H,3,10,17H2,1-2H3. The molecule has 0 bridgehead atoms. The van der Waals surface area contributed by atoms with E-state index in [0.717, 1.165) is 28.9 Å². The Bertz CT molecular complexity index is 555. The summed E-state index contributed by atoms with van der Waals surface area (Å²) in [6.45, 7) is 5.86. The minimum atomic E-state index is 0.714. The van der Waals surface area contributed by atoms with Gasteiger partial charge in [0.1, 0.15) is 5.82 Å². The summed E-state index contributed by atoms with van der Waals surface area (Å²) in [5, 5.41) is 0. The highest BCUT2D eigenvalue weighted by atomic mass is 79.9. The van der Waals surface area contributed by atoms with E-state index < -0.39 is 0 Å². The van der Waals surface area contributed by atoms with E-state index in [1.54, 1.807) is 6.20 Å². The van der Waals surface area contributed by atoms with Gasteiger partial charge in [-0.2, -0.15) is 0 Å². The fourth-order valence-corrected chi connectivity index (χ4v) is 2.52. The van der Waals surface area contributed by atoms with Gasteiger partial charge >= 0.3 is 0 Å². The first kappa shape index (κ1) is 13.9. The van der Waals surface area contributed by atoms with Gasteiger partial charge in [0.15, 0.2) is 0 Å². The van der Waals surface area contributed by atoms with Crippen LogP contribution in [-0.4, -0.2) is 11.5 Å². The van der Waals surface area contributed by atoms with E-state index in [2.05, 4.69) is 57.0 Å². The highest BCUT2D eigenvalue weighted by Gasteiger charge is 2.13. The average molecular weight is 320 g/mol. The zero-order chi connectivity index (χ0) is 13.8. The summed E-state index contributed by atoms with van der Waals surface area (Å²) in [5.74, 6) is 0.943. The van der Waals surface area contributed by atoms with Gasteiger partial charge in [-0.05, 0) is 40.9 Å². The third-order valence-electron chi connectivity index (χ3n) is 3.18. The van der Waals surface area contributed by atoms with E-state index in [9.17, 15) is 0 Å². The molecule has 0 saturated carbocycles. The lowest BCUT2D eigenvalue weighted by molar-refractivity contribution is 0.810. The average Bonchev–Trinajstić information content (AvgIpc) is 2.44. The predicted molar refractivity (Wildman–Crippen MR) is 84.3 cm³/mol. The molecule has 1 aromatic heterocycles. The maximum absolute atomic E-state index is 5.87. The third-order valence-corrected chi connectivity index (χ3v) is 4.13. The SMILES string of the molecule is CCN(Cc1ccccc1)c1ncc(N)c(C)c1Br. The number of pyridine rings is 1. The monoisotopic (exact) mass is 319 g/mol. The number of nitrogens with two attached hydrogens (primary N) is 1. The molecule has 0 spiro atoms. The van der Waals surface area contributed by atoms with Crippen molar-refractivity contribution in [1.29, 1.82) is 0 Å². The first-order valence-corrected chi connectivity index (χ1v) is 7.12. The highest BCUT2D eigenvalue weighted by molar-refractivity contribution is 9.10. The fraction of sp³-hybridized carbons (Fsp3) is 0.267. The van der Waals surface area contributed by atoms with Gasteiger partial charge in [0, 0.05) is 13.1 Å². The topological polar surface area (TPSA) is 42.2 Å². The molecule has 1 aromatic carbocycles. The lowest BCUT2D eigenvalue weighted by Crippen LogP contribution is -2.23. The van der Waals surface area contributed by atoms with Crippen LogP contribution in [0.1, 0.15) is 18.1 Å². The second-order valence-electron chi connectivity index (χ2n) is 4.48. The molecule has 3 nitrogen and oxygen atoms in total. The van der Waals surface area contributed by atoms with Gasteiger partial charge in [-0.3, -0.25) is 0 Å². The Balaban J connectivity index is 2.30. The van der Waals surface area contributed by atoms with Crippen LogP contribution in [0.25, 0.3) is 0 Å². The van der Waals surface area contributed by atoms with Gasteiger partial charge in [-0.15, -0.1) is 0 Å². The lowest BCUT2D eigenvalue weighted by atomic mass is 10.2. The van der Waals surface area contributed by atoms with E-state index in [0.29, 0.717) is 5.69 Å². The fourth-order valence-electron chi connectivity index (χ4n) is 1.94. The molecule has 0 aliphatic rings. The number of anilines is 2. The Labute approximate surface area is 122 Å². The van der Waals surface area contributed by atoms with Crippen LogP contribution in [0, 0.1) is 6.92 Å². The number of hydrogen-bond donors (Lipinski definition) is 1. The summed E-state index contributed by atoms with van der Waals surface area (Å²) in [4.78, 5) is 6.69. The van der Waals surface area contributed by atoms with Gasteiger partial charge in [0.25, 0.3) is 0 Å². The number of aromatic nitrogens is 1. The first-order valence-electron chi connectivity index (χ1n) is 6.33. The zero-order valence-electron chi connectivity index (χ0n) is 11.2. The largest absolute Gasteiger partial charge is 0.397 e. The number of benzene rings is 1. The van der Waals surface area contributed by atoms with E-state index in [4.69, 9.17) is 5.73 Å². The summed E-state index contributed by atoms with van der Waals surface area (Å²) in [7, 11) is 0. The Morgan fingerprint density at radius 3 is 2.58 bits per heavy atom. The second-order valence-corrected chi connectivity index (χ2v) is 5.27. The minimum Gasteiger partial charge on any atom is -0.397 e. The molecular formula is C15H18BrN3. The van der Waals surface area contributed by atoms with Crippen molar-refractivity contribution in [3.8, 4) is 0 Å². The summed E-state index contributed by atoms with van der Waals surface area (Å²) < 4.78 is 0.977. The maximum Gasteiger partial charge on any atom is 0.143 e. The number of rotatable bonds is 4. The molecule has 2 rings (SSSR count). The van der Waals surface area contributed by atoms with E-state index in [1.165, 1.54) is 5.56 Å². The number of hydrogen-bond acceptors (Lipinski definition) is 3. The Kier molecular flexibility index (Phi) is 4.43. The molecule has 0 aliphatic heterocycles. The summed E-state index contributed by atoms with van der Waals surface area (Å²) >= 11 is 3.60. The van der Waals surface area contributed by atoms with Gasteiger partial charge < -0.3 is 10.6 Å². The molecule has 0 atom stereocenters. The van der Waals surface area contributed by atoms with Crippen LogP contribution in [0.3, 0.4) is 0 Å². The molecule has 0 fully saturated rings. The molecular weight excluding hydrogens is 302 g/mol. The normalized spacial score (nSPS) is 10.5. The van der Waals surface area contributed by atoms with Crippen LogP contribution in [-0.2, 0) is 6.54 Å². The van der Waals surface area contributed by atoms with E-state index in [1.807, 2.05) is 13.0 Å². The second kappa shape index (κ2) is 6.06. The molecule has 0 radical (unpaired) electrons. The smallest absolute Gasteiger partial charge is 0.143 e. The molecule has 2 N–H and O–H groups in total. The first-order chi connectivity index (χ1) is 9.13. The Morgan fingerprint density at radius 2 is 1.95 bits per heavy atom. The van der Waals surface area contributed by atoms with Crippen LogP contribution in [0.5, 0.6) is 0 Å². The lowest BCUT2D eigenvalue weighted by Gasteiger charge is -2.24. The summed E-state index contributed by atoms with van der Waals surface area (Å²) in [6.07, 6.45) is 1.73. The van der Waals surface area contributed by atoms with Crippen molar-refractivity contribution in [3.05, 3.63) is 52.1 Å². The Hall–Kier alpha value is -1.55. The number of halogens is 1. The maximum atomic E-state index is 5.87. The molecule has 0 unspecified atom stereocenters. The van der Waals surface area contributed by atoms with Gasteiger partial charge in [-0.25, -0.2) is 4.98 Å². The molecule has 1 heterocycles. The van der Waals surface area contributed by atoms with E-state index >= 15 is 0 Å². The van der Waals surface area contributed by atoms with Crippen molar-refractivity contribution in [1.82, 2.24) is 4.98 Å². The van der Waals surface area contributed by atoms with Gasteiger partial charge in [-0.1, -0.05) is 30.3 Å². The van der Waals surface area contributed by atoms with Gasteiger partial charge in [0.05, 0.1) is 16.4 Å². The molecule has 0 aliphatic carbocycles.